The molecule has 0 bridgehead atoms. The molecule has 0 aliphatic heterocycles. The van der Waals surface area contributed by atoms with E-state index in [0.29, 0.717) is 18.7 Å². The van der Waals surface area contributed by atoms with Gasteiger partial charge in [-0.1, -0.05) is 0 Å². The molecule has 0 atom stereocenters. The average molecular weight is 215 g/mol. The van der Waals surface area contributed by atoms with Crippen LogP contribution in [0.4, 0.5) is 5.69 Å². The lowest BCUT2D eigenvalue weighted by Gasteiger charge is -2.05. The Morgan fingerprint density at radius 1 is 1.50 bits per heavy atom. The van der Waals surface area contributed by atoms with Crippen LogP contribution < -0.4 is 10.5 Å². The van der Waals surface area contributed by atoms with Gasteiger partial charge in [0, 0.05) is 6.20 Å². The van der Waals surface area contributed by atoms with Gasteiger partial charge in [0.1, 0.15) is 0 Å². The van der Waals surface area contributed by atoms with Gasteiger partial charge in [-0.05, 0) is 25.1 Å². The van der Waals surface area contributed by atoms with Gasteiger partial charge in [0.15, 0.2) is 0 Å². The number of hydrogen-bond donors (Lipinski definition) is 2. The Bertz CT molecular complexity index is 363. The summed E-state index contributed by atoms with van der Waals surface area (Å²) in [7, 11) is -3.27. The van der Waals surface area contributed by atoms with Gasteiger partial charge in [-0.2, -0.15) is 0 Å². The van der Waals surface area contributed by atoms with E-state index < -0.39 is 10.0 Å². The highest BCUT2D eigenvalue weighted by atomic mass is 32.2. The molecule has 0 saturated carbocycles. The molecule has 0 spiro atoms. The number of nitrogens with two attached hydrogens (primary N) is 1. The van der Waals surface area contributed by atoms with Crippen molar-refractivity contribution in [3.63, 3.8) is 0 Å². The van der Waals surface area contributed by atoms with Crippen molar-refractivity contribution in [3.8, 4) is 0 Å². The highest BCUT2D eigenvalue weighted by Crippen LogP contribution is 2.06. The van der Waals surface area contributed by atoms with Crippen molar-refractivity contribution in [2.24, 2.45) is 5.73 Å². The average Bonchev–Trinajstić information content (AvgIpc) is 2.16. The van der Waals surface area contributed by atoms with E-state index in [9.17, 15) is 8.42 Å². The Kier molecular flexibility index (Phi) is 3.84. The van der Waals surface area contributed by atoms with E-state index in [1.54, 1.807) is 18.3 Å². The summed E-state index contributed by atoms with van der Waals surface area (Å²) in [5, 5.41) is 0. The van der Waals surface area contributed by atoms with Gasteiger partial charge >= 0.3 is 0 Å². The monoisotopic (exact) mass is 215 g/mol. The number of rotatable bonds is 5. The van der Waals surface area contributed by atoms with E-state index in [-0.39, 0.29) is 5.75 Å². The molecule has 0 aliphatic rings. The predicted octanol–water partition coefficient (Wildman–Crippen LogP) is 0.172. The van der Waals surface area contributed by atoms with E-state index in [0.717, 1.165) is 0 Å². The summed E-state index contributed by atoms with van der Waals surface area (Å²) in [6.07, 6.45) is 3.49. The maximum absolute atomic E-state index is 11.4. The van der Waals surface area contributed by atoms with E-state index in [4.69, 9.17) is 5.73 Å². The number of aromatic nitrogens is 1. The van der Waals surface area contributed by atoms with E-state index >= 15 is 0 Å². The third-order valence-electron chi connectivity index (χ3n) is 1.55. The van der Waals surface area contributed by atoms with Crippen molar-refractivity contribution >= 4 is 15.7 Å². The maximum atomic E-state index is 11.4. The Labute approximate surface area is 83.4 Å². The highest BCUT2D eigenvalue weighted by Gasteiger charge is 2.08. The summed E-state index contributed by atoms with van der Waals surface area (Å²) in [6.45, 7) is 0.369. The zero-order valence-corrected chi connectivity index (χ0v) is 8.50. The van der Waals surface area contributed by atoms with E-state index in [1.807, 2.05) is 0 Å². The van der Waals surface area contributed by atoms with Crippen molar-refractivity contribution in [1.82, 2.24) is 4.98 Å². The molecule has 14 heavy (non-hydrogen) atoms. The minimum atomic E-state index is -3.27. The molecule has 1 aromatic heterocycles. The molecular formula is C8H13N3O2S. The van der Waals surface area contributed by atoms with Crippen LogP contribution in [0, 0.1) is 0 Å². The summed E-state index contributed by atoms with van der Waals surface area (Å²) in [5.74, 6) is 0.0401. The predicted molar refractivity (Wildman–Crippen MR) is 55.3 cm³/mol. The maximum Gasteiger partial charge on any atom is 0.232 e. The van der Waals surface area contributed by atoms with Crippen LogP contribution in [0.3, 0.4) is 0 Å². The summed E-state index contributed by atoms with van der Waals surface area (Å²) in [5.41, 5.74) is 5.70. The van der Waals surface area contributed by atoms with Gasteiger partial charge in [-0.15, -0.1) is 0 Å². The van der Waals surface area contributed by atoms with Gasteiger partial charge in [0.05, 0.1) is 17.6 Å². The number of pyridine rings is 1. The minimum absolute atomic E-state index is 0.0401. The van der Waals surface area contributed by atoms with Crippen LogP contribution >= 0.6 is 0 Å². The molecular weight excluding hydrogens is 202 g/mol. The Morgan fingerprint density at radius 2 is 2.29 bits per heavy atom. The number of nitrogens with zero attached hydrogens (tertiary/aromatic N) is 1. The van der Waals surface area contributed by atoms with Crippen LogP contribution in [0.1, 0.15) is 6.42 Å². The van der Waals surface area contributed by atoms with Gasteiger partial charge in [0.2, 0.25) is 10.0 Å². The fraction of sp³-hybridized carbons (Fsp3) is 0.375. The number of hydrogen-bond acceptors (Lipinski definition) is 4. The third kappa shape index (κ3) is 3.71. The molecule has 5 nitrogen and oxygen atoms in total. The normalized spacial score (nSPS) is 11.2. The molecule has 3 N–H and O–H groups in total. The summed E-state index contributed by atoms with van der Waals surface area (Å²) in [4.78, 5) is 3.80. The van der Waals surface area contributed by atoms with Crippen LogP contribution in [0.15, 0.2) is 24.5 Å². The van der Waals surface area contributed by atoms with Crippen molar-refractivity contribution < 1.29 is 8.42 Å². The molecule has 0 unspecified atom stereocenters. The van der Waals surface area contributed by atoms with Crippen molar-refractivity contribution in [2.45, 2.75) is 6.42 Å². The summed E-state index contributed by atoms with van der Waals surface area (Å²) in [6, 6.07) is 3.31. The van der Waals surface area contributed by atoms with Crippen molar-refractivity contribution in [2.75, 3.05) is 17.0 Å². The molecule has 1 aromatic rings. The fourth-order valence-corrected chi connectivity index (χ4v) is 2.06. The lowest BCUT2D eigenvalue weighted by Crippen LogP contribution is -2.18. The number of anilines is 1. The van der Waals surface area contributed by atoms with Gasteiger partial charge in [-0.25, -0.2) is 8.42 Å². The zero-order chi connectivity index (χ0) is 10.4. The second-order valence-corrected chi connectivity index (χ2v) is 4.65. The van der Waals surface area contributed by atoms with Crippen molar-refractivity contribution in [1.29, 1.82) is 0 Å². The highest BCUT2D eigenvalue weighted by molar-refractivity contribution is 7.92. The molecule has 0 radical (unpaired) electrons. The van der Waals surface area contributed by atoms with Gasteiger partial charge in [0.25, 0.3) is 0 Å². The Balaban J connectivity index is 2.60. The van der Waals surface area contributed by atoms with Crippen LogP contribution in [0.2, 0.25) is 0 Å². The molecule has 1 heterocycles. The van der Waals surface area contributed by atoms with E-state index in [2.05, 4.69) is 9.71 Å². The Hall–Kier alpha value is -1.14. The van der Waals surface area contributed by atoms with Crippen LogP contribution in [0.5, 0.6) is 0 Å². The topological polar surface area (TPSA) is 85.1 Å². The second kappa shape index (κ2) is 4.92. The molecule has 78 valence electrons. The fourth-order valence-electron chi connectivity index (χ4n) is 0.927. The number of sulfonamides is 1. The van der Waals surface area contributed by atoms with Crippen LogP contribution in [-0.2, 0) is 10.0 Å². The smallest absolute Gasteiger partial charge is 0.232 e. The first-order valence-corrected chi connectivity index (χ1v) is 5.90. The lowest BCUT2D eigenvalue weighted by molar-refractivity contribution is 0.598. The standard InChI is InChI=1S/C8H13N3O2S/c9-4-2-6-14(12,13)11-8-3-1-5-10-7-8/h1,3,5,7,11H,2,4,6,9H2. The van der Waals surface area contributed by atoms with Crippen LogP contribution in [-0.4, -0.2) is 25.7 Å². The van der Waals surface area contributed by atoms with E-state index in [1.165, 1.54) is 6.20 Å². The first-order chi connectivity index (χ1) is 6.64. The zero-order valence-electron chi connectivity index (χ0n) is 7.68. The Morgan fingerprint density at radius 3 is 2.86 bits per heavy atom. The lowest BCUT2D eigenvalue weighted by atomic mass is 10.4. The molecule has 0 fully saturated rings. The molecule has 0 saturated heterocycles. The number of nitrogens with one attached hydrogen (secondary N) is 1. The SMILES string of the molecule is NCCCS(=O)(=O)Nc1cccnc1. The second-order valence-electron chi connectivity index (χ2n) is 2.80. The summed E-state index contributed by atoms with van der Waals surface area (Å²) < 4.78 is 25.1. The quantitative estimate of drug-likeness (QED) is 0.733. The molecule has 0 amide bonds. The van der Waals surface area contributed by atoms with Crippen molar-refractivity contribution in [3.05, 3.63) is 24.5 Å². The summed E-state index contributed by atoms with van der Waals surface area (Å²) >= 11 is 0. The minimum Gasteiger partial charge on any atom is -0.330 e. The van der Waals surface area contributed by atoms with Crippen LogP contribution in [0.25, 0.3) is 0 Å². The molecule has 0 aromatic carbocycles. The van der Waals surface area contributed by atoms with Gasteiger partial charge in [-0.3, -0.25) is 9.71 Å². The molecule has 1 rings (SSSR count). The molecule has 0 aliphatic carbocycles. The first-order valence-electron chi connectivity index (χ1n) is 4.24. The first kappa shape index (κ1) is 10.9. The third-order valence-corrected chi connectivity index (χ3v) is 2.92. The van der Waals surface area contributed by atoms with Gasteiger partial charge < -0.3 is 5.73 Å². The largest absolute Gasteiger partial charge is 0.330 e. The molecule has 6 heteroatoms.